The molecular formula is C16H17BrO3. The average Bonchev–Trinajstić information content (AvgIpc) is 2.44. The van der Waals surface area contributed by atoms with Gasteiger partial charge in [0.15, 0.2) is 0 Å². The molecule has 0 heterocycles. The second-order valence-electron chi connectivity index (χ2n) is 4.50. The van der Waals surface area contributed by atoms with Crippen molar-refractivity contribution in [3.63, 3.8) is 0 Å². The summed E-state index contributed by atoms with van der Waals surface area (Å²) >= 11 is 3.43. The molecule has 3 nitrogen and oxygen atoms in total. The van der Waals surface area contributed by atoms with Crippen molar-refractivity contribution in [2.45, 2.75) is 19.6 Å². The van der Waals surface area contributed by atoms with Crippen molar-refractivity contribution < 1.29 is 14.6 Å². The van der Waals surface area contributed by atoms with Crippen molar-refractivity contribution in [3.05, 3.63) is 58.1 Å². The lowest BCUT2D eigenvalue weighted by Gasteiger charge is -2.15. The molecule has 2 rings (SSSR count). The zero-order valence-corrected chi connectivity index (χ0v) is 13.1. The van der Waals surface area contributed by atoms with Crippen LogP contribution in [0.15, 0.2) is 46.9 Å². The van der Waals surface area contributed by atoms with Crippen LogP contribution in [0.1, 0.15) is 24.2 Å². The molecule has 0 bridgehead atoms. The largest absolute Gasteiger partial charge is 0.497 e. The molecule has 0 unspecified atom stereocenters. The Morgan fingerprint density at radius 2 is 2.00 bits per heavy atom. The zero-order valence-electron chi connectivity index (χ0n) is 11.5. The standard InChI is InChI=1S/C16H17BrO3/c1-11(18)15-7-6-14(19-2)9-16(15)20-10-12-4-3-5-13(17)8-12/h3-9,11,18H,10H2,1-2H3/t11-/m0/s1. The molecule has 0 aromatic heterocycles. The number of benzene rings is 2. The van der Waals surface area contributed by atoms with Crippen LogP contribution in [0.3, 0.4) is 0 Å². The van der Waals surface area contributed by atoms with Gasteiger partial charge in [0.05, 0.1) is 13.2 Å². The van der Waals surface area contributed by atoms with Gasteiger partial charge in [-0.2, -0.15) is 0 Å². The molecule has 106 valence electrons. The third-order valence-corrected chi connectivity index (χ3v) is 3.45. The molecule has 0 spiro atoms. The average molecular weight is 337 g/mol. The molecule has 0 saturated carbocycles. The maximum Gasteiger partial charge on any atom is 0.129 e. The Morgan fingerprint density at radius 3 is 2.65 bits per heavy atom. The fourth-order valence-electron chi connectivity index (χ4n) is 1.90. The van der Waals surface area contributed by atoms with E-state index in [2.05, 4.69) is 15.9 Å². The SMILES string of the molecule is COc1ccc([C@H](C)O)c(OCc2cccc(Br)c2)c1. The molecular weight excluding hydrogens is 320 g/mol. The van der Waals surface area contributed by atoms with Crippen LogP contribution in [0.4, 0.5) is 0 Å². The summed E-state index contributed by atoms with van der Waals surface area (Å²) < 4.78 is 12.0. The monoisotopic (exact) mass is 336 g/mol. The van der Waals surface area contributed by atoms with Gasteiger partial charge in [0, 0.05) is 16.1 Å². The van der Waals surface area contributed by atoms with Crippen molar-refractivity contribution in [2.75, 3.05) is 7.11 Å². The van der Waals surface area contributed by atoms with E-state index in [0.29, 0.717) is 18.1 Å². The van der Waals surface area contributed by atoms with Gasteiger partial charge in [-0.25, -0.2) is 0 Å². The van der Waals surface area contributed by atoms with E-state index in [4.69, 9.17) is 9.47 Å². The van der Waals surface area contributed by atoms with Crippen molar-refractivity contribution in [1.82, 2.24) is 0 Å². The molecule has 0 aliphatic heterocycles. The van der Waals surface area contributed by atoms with Crippen LogP contribution in [0.25, 0.3) is 0 Å². The first-order chi connectivity index (χ1) is 9.60. The van der Waals surface area contributed by atoms with Gasteiger partial charge >= 0.3 is 0 Å². The van der Waals surface area contributed by atoms with Gasteiger partial charge < -0.3 is 14.6 Å². The first kappa shape index (κ1) is 14.9. The normalized spacial score (nSPS) is 12.0. The van der Waals surface area contributed by atoms with E-state index in [1.165, 1.54) is 0 Å². The lowest BCUT2D eigenvalue weighted by atomic mass is 10.1. The number of halogens is 1. The quantitative estimate of drug-likeness (QED) is 0.893. The first-order valence-electron chi connectivity index (χ1n) is 6.33. The Hall–Kier alpha value is -1.52. The van der Waals surface area contributed by atoms with Gasteiger partial charge in [0.25, 0.3) is 0 Å². The molecule has 0 saturated heterocycles. The van der Waals surface area contributed by atoms with Gasteiger partial charge in [-0.15, -0.1) is 0 Å². The number of aliphatic hydroxyl groups is 1. The highest BCUT2D eigenvalue weighted by molar-refractivity contribution is 9.10. The Bertz CT molecular complexity index is 582. The van der Waals surface area contributed by atoms with E-state index in [9.17, 15) is 5.11 Å². The topological polar surface area (TPSA) is 38.7 Å². The third-order valence-electron chi connectivity index (χ3n) is 2.95. The van der Waals surface area contributed by atoms with Crippen molar-refractivity contribution in [3.8, 4) is 11.5 Å². The lowest BCUT2D eigenvalue weighted by Crippen LogP contribution is -2.01. The van der Waals surface area contributed by atoms with Crippen molar-refractivity contribution in [2.24, 2.45) is 0 Å². The fourth-order valence-corrected chi connectivity index (χ4v) is 2.35. The van der Waals surface area contributed by atoms with Gasteiger partial charge in [-0.3, -0.25) is 0 Å². The Balaban J connectivity index is 2.19. The van der Waals surface area contributed by atoms with E-state index in [1.807, 2.05) is 36.4 Å². The number of methoxy groups -OCH3 is 1. The molecule has 1 N–H and O–H groups in total. The molecule has 0 aliphatic rings. The summed E-state index contributed by atoms with van der Waals surface area (Å²) in [5.41, 5.74) is 1.81. The minimum Gasteiger partial charge on any atom is -0.497 e. The summed E-state index contributed by atoms with van der Waals surface area (Å²) in [6.07, 6.45) is -0.585. The Kier molecular flexibility index (Phi) is 5.04. The molecule has 2 aromatic rings. The number of ether oxygens (including phenoxy) is 2. The van der Waals surface area contributed by atoms with E-state index in [0.717, 1.165) is 15.6 Å². The lowest BCUT2D eigenvalue weighted by molar-refractivity contribution is 0.190. The van der Waals surface area contributed by atoms with Crippen LogP contribution >= 0.6 is 15.9 Å². The number of hydrogen-bond donors (Lipinski definition) is 1. The highest BCUT2D eigenvalue weighted by Gasteiger charge is 2.11. The summed E-state index contributed by atoms with van der Waals surface area (Å²) in [4.78, 5) is 0. The van der Waals surface area contributed by atoms with E-state index in [1.54, 1.807) is 20.1 Å². The maximum absolute atomic E-state index is 9.78. The summed E-state index contributed by atoms with van der Waals surface area (Å²) in [5.74, 6) is 1.35. The smallest absolute Gasteiger partial charge is 0.129 e. The molecule has 1 atom stereocenters. The number of hydrogen-bond acceptors (Lipinski definition) is 3. The highest BCUT2D eigenvalue weighted by Crippen LogP contribution is 2.30. The Labute approximate surface area is 127 Å². The predicted octanol–water partition coefficient (Wildman–Crippen LogP) is 4.09. The summed E-state index contributed by atoms with van der Waals surface area (Å²) in [5, 5.41) is 9.78. The van der Waals surface area contributed by atoms with Gasteiger partial charge in [-0.05, 0) is 36.8 Å². The van der Waals surface area contributed by atoms with Crippen LogP contribution < -0.4 is 9.47 Å². The van der Waals surface area contributed by atoms with Crippen LogP contribution in [-0.4, -0.2) is 12.2 Å². The molecule has 0 fully saturated rings. The second-order valence-corrected chi connectivity index (χ2v) is 5.41. The molecule has 4 heteroatoms. The van der Waals surface area contributed by atoms with Crippen LogP contribution in [0.5, 0.6) is 11.5 Å². The highest BCUT2D eigenvalue weighted by atomic mass is 79.9. The summed E-state index contributed by atoms with van der Waals surface area (Å²) in [6.45, 7) is 2.15. The van der Waals surface area contributed by atoms with Gasteiger partial charge in [0.2, 0.25) is 0 Å². The molecule has 0 amide bonds. The first-order valence-corrected chi connectivity index (χ1v) is 7.12. The van der Waals surface area contributed by atoms with E-state index < -0.39 is 6.10 Å². The molecule has 20 heavy (non-hydrogen) atoms. The summed E-state index contributed by atoms with van der Waals surface area (Å²) in [7, 11) is 1.61. The van der Waals surface area contributed by atoms with Crippen LogP contribution in [0.2, 0.25) is 0 Å². The number of rotatable bonds is 5. The Morgan fingerprint density at radius 1 is 1.20 bits per heavy atom. The van der Waals surface area contributed by atoms with E-state index in [-0.39, 0.29) is 0 Å². The third kappa shape index (κ3) is 3.74. The molecule has 2 aromatic carbocycles. The van der Waals surface area contributed by atoms with Crippen molar-refractivity contribution in [1.29, 1.82) is 0 Å². The van der Waals surface area contributed by atoms with Gasteiger partial charge in [0.1, 0.15) is 18.1 Å². The van der Waals surface area contributed by atoms with Crippen molar-refractivity contribution >= 4 is 15.9 Å². The minimum absolute atomic E-state index is 0.437. The summed E-state index contributed by atoms with van der Waals surface area (Å²) in [6, 6.07) is 13.4. The molecule has 0 radical (unpaired) electrons. The minimum atomic E-state index is -0.585. The van der Waals surface area contributed by atoms with Crippen LogP contribution in [0, 0.1) is 0 Å². The number of aliphatic hydroxyl groups excluding tert-OH is 1. The molecule has 0 aliphatic carbocycles. The van der Waals surface area contributed by atoms with Crippen LogP contribution in [-0.2, 0) is 6.61 Å². The zero-order chi connectivity index (χ0) is 14.5. The second kappa shape index (κ2) is 6.77. The maximum atomic E-state index is 9.78. The predicted molar refractivity (Wildman–Crippen MR) is 82.1 cm³/mol. The van der Waals surface area contributed by atoms with Gasteiger partial charge in [-0.1, -0.05) is 28.1 Å². The fraction of sp³-hybridized carbons (Fsp3) is 0.250. The van der Waals surface area contributed by atoms with E-state index >= 15 is 0 Å².